The summed E-state index contributed by atoms with van der Waals surface area (Å²) < 4.78 is 16.2. The first-order chi connectivity index (χ1) is 17.2. The Hall–Kier alpha value is -1.79. The minimum atomic E-state index is -4.68. The summed E-state index contributed by atoms with van der Waals surface area (Å²) in [6, 6.07) is 27.2. The standard InChI is InChI=1S/C29H28ClO5P.Na.H/c30-26-13-11-23(12-14-26)20-25(19-22-7-3-1-4-8-22)28(31)29(21-24-9-5-2-6-10-24)17-15-27(16-18-29)35-36(32,33)34;;/h1-18,25,27H,19-21H2,(H2,32,33,34);;. The summed E-state index contributed by atoms with van der Waals surface area (Å²) in [5, 5.41) is 0.638. The van der Waals surface area contributed by atoms with Crippen molar-refractivity contribution in [1.29, 1.82) is 0 Å². The van der Waals surface area contributed by atoms with Crippen LogP contribution in [0.5, 0.6) is 0 Å². The van der Waals surface area contributed by atoms with Crippen LogP contribution in [-0.4, -0.2) is 51.2 Å². The second-order valence-corrected chi connectivity index (χ2v) is 10.7. The molecule has 0 saturated heterocycles. The average Bonchev–Trinajstić information content (AvgIpc) is 2.86. The van der Waals surface area contributed by atoms with Crippen LogP contribution in [0.15, 0.2) is 109 Å². The molecule has 8 heteroatoms. The number of phosphoric acid groups is 1. The SMILES string of the molecule is O=C(C(Cc1ccccc1)Cc1ccc(Cl)cc1)C1(Cc2ccccc2)C=CC(OP(=O)(O)O)C=C1.[NaH]. The first-order valence-corrected chi connectivity index (χ1v) is 13.6. The number of carbonyl (C=O) groups excluding carboxylic acids is 1. The molecule has 0 amide bonds. The van der Waals surface area contributed by atoms with Crippen molar-refractivity contribution in [3.63, 3.8) is 0 Å². The molecule has 0 radical (unpaired) electrons. The summed E-state index contributed by atoms with van der Waals surface area (Å²) in [5.74, 6) is -0.307. The molecule has 2 N–H and O–H groups in total. The Morgan fingerprint density at radius 1 is 0.838 bits per heavy atom. The van der Waals surface area contributed by atoms with Gasteiger partial charge in [-0.2, -0.15) is 0 Å². The molecule has 37 heavy (non-hydrogen) atoms. The number of phosphoric ester groups is 1. The number of rotatable bonds is 10. The Labute approximate surface area is 244 Å². The van der Waals surface area contributed by atoms with Gasteiger partial charge in [0.05, 0.1) is 5.41 Å². The molecule has 0 aliphatic heterocycles. The van der Waals surface area contributed by atoms with Crippen LogP contribution >= 0.6 is 19.4 Å². The fourth-order valence-electron chi connectivity index (χ4n) is 4.63. The van der Waals surface area contributed by atoms with Crippen molar-refractivity contribution < 1.29 is 23.7 Å². The van der Waals surface area contributed by atoms with E-state index in [-0.39, 0.29) is 41.3 Å². The van der Waals surface area contributed by atoms with Crippen LogP contribution < -0.4 is 0 Å². The third kappa shape index (κ3) is 8.61. The molecule has 1 unspecified atom stereocenters. The molecule has 1 aliphatic rings. The molecule has 1 aliphatic carbocycles. The maximum absolute atomic E-state index is 14.4. The van der Waals surface area contributed by atoms with E-state index >= 15 is 0 Å². The van der Waals surface area contributed by atoms with E-state index in [2.05, 4.69) is 0 Å². The van der Waals surface area contributed by atoms with Crippen LogP contribution in [0.2, 0.25) is 5.02 Å². The fourth-order valence-corrected chi connectivity index (χ4v) is 5.21. The Morgan fingerprint density at radius 2 is 1.32 bits per heavy atom. The normalized spacial score (nSPS) is 19.7. The number of Topliss-reactive ketones (excluding diaryl/α,β-unsaturated/α-hetero) is 1. The number of hydrogen-bond donors (Lipinski definition) is 2. The Bertz CT molecular complexity index is 1260. The molecule has 0 aromatic heterocycles. The second kappa shape index (κ2) is 13.3. The van der Waals surface area contributed by atoms with Crippen LogP contribution in [0.4, 0.5) is 0 Å². The Balaban J connectivity index is 0.00000380. The number of hydrogen-bond acceptors (Lipinski definition) is 3. The van der Waals surface area contributed by atoms with Gasteiger partial charge in [-0.25, -0.2) is 4.57 Å². The van der Waals surface area contributed by atoms with Crippen molar-refractivity contribution in [2.24, 2.45) is 11.3 Å². The summed E-state index contributed by atoms with van der Waals surface area (Å²) in [6.07, 6.45) is 7.20. The summed E-state index contributed by atoms with van der Waals surface area (Å²) >= 11 is 6.08. The molecule has 0 bridgehead atoms. The van der Waals surface area contributed by atoms with Gasteiger partial charge in [0, 0.05) is 10.9 Å². The Morgan fingerprint density at radius 3 is 1.84 bits per heavy atom. The molecule has 4 rings (SSSR count). The predicted octanol–water partition coefficient (Wildman–Crippen LogP) is 5.50. The van der Waals surface area contributed by atoms with Gasteiger partial charge < -0.3 is 9.79 Å². The van der Waals surface area contributed by atoms with E-state index < -0.39 is 19.3 Å². The zero-order valence-electron chi connectivity index (χ0n) is 19.6. The molecule has 0 fully saturated rings. The summed E-state index contributed by atoms with van der Waals surface area (Å²) in [7, 11) is -4.68. The van der Waals surface area contributed by atoms with E-state index in [4.69, 9.17) is 16.1 Å². The third-order valence-corrected chi connectivity index (χ3v) is 7.08. The first-order valence-electron chi connectivity index (χ1n) is 11.7. The zero-order valence-corrected chi connectivity index (χ0v) is 21.3. The van der Waals surface area contributed by atoms with E-state index in [0.717, 1.165) is 16.7 Å². The van der Waals surface area contributed by atoms with Crippen LogP contribution in [0.3, 0.4) is 0 Å². The summed E-state index contributed by atoms with van der Waals surface area (Å²) in [4.78, 5) is 32.8. The number of allylic oxidation sites excluding steroid dienone is 2. The topological polar surface area (TPSA) is 83.8 Å². The van der Waals surface area contributed by atoms with Crippen LogP contribution in [0.25, 0.3) is 0 Å². The van der Waals surface area contributed by atoms with E-state index in [0.29, 0.717) is 24.3 Å². The fraction of sp³-hybridized carbons (Fsp3) is 0.207. The van der Waals surface area contributed by atoms with Gasteiger partial charge in [0.15, 0.2) is 5.78 Å². The monoisotopic (exact) mass is 546 g/mol. The van der Waals surface area contributed by atoms with Crippen molar-refractivity contribution in [1.82, 2.24) is 0 Å². The van der Waals surface area contributed by atoms with Gasteiger partial charge in [-0.3, -0.25) is 9.32 Å². The van der Waals surface area contributed by atoms with Crippen molar-refractivity contribution in [3.05, 3.63) is 131 Å². The molecule has 3 aromatic carbocycles. The molecule has 0 spiro atoms. The quantitative estimate of drug-likeness (QED) is 0.199. The minimum absolute atomic E-state index is 0. The van der Waals surface area contributed by atoms with Gasteiger partial charge in [0.25, 0.3) is 0 Å². The molecule has 0 heterocycles. The molecule has 5 nitrogen and oxygen atoms in total. The van der Waals surface area contributed by atoms with Crippen molar-refractivity contribution in [2.45, 2.75) is 25.4 Å². The molecular weight excluding hydrogens is 518 g/mol. The molecular formula is C29H29ClNaO5P. The number of benzene rings is 3. The van der Waals surface area contributed by atoms with Gasteiger partial charge in [0.2, 0.25) is 0 Å². The molecule has 188 valence electrons. The number of ketones is 1. The average molecular weight is 547 g/mol. The van der Waals surface area contributed by atoms with Gasteiger partial charge >= 0.3 is 37.4 Å². The first kappa shape index (κ1) is 29.8. The zero-order chi connectivity index (χ0) is 25.6. The van der Waals surface area contributed by atoms with E-state index in [9.17, 15) is 19.1 Å². The van der Waals surface area contributed by atoms with E-state index in [1.54, 1.807) is 24.3 Å². The number of halogens is 1. The Kier molecular flexibility index (Phi) is 10.7. The number of carbonyl (C=O) groups is 1. The predicted molar refractivity (Wildman–Crippen MR) is 149 cm³/mol. The van der Waals surface area contributed by atoms with Crippen LogP contribution in [-0.2, 0) is 33.1 Å². The van der Waals surface area contributed by atoms with Gasteiger partial charge in [-0.1, -0.05) is 109 Å². The maximum atomic E-state index is 14.4. The van der Waals surface area contributed by atoms with Crippen molar-refractivity contribution in [3.8, 4) is 0 Å². The second-order valence-electron chi connectivity index (χ2n) is 9.06. The molecule has 3 aromatic rings. The van der Waals surface area contributed by atoms with Crippen molar-refractivity contribution >= 4 is 54.8 Å². The molecule has 0 saturated carbocycles. The third-order valence-electron chi connectivity index (χ3n) is 6.31. The van der Waals surface area contributed by atoms with Crippen molar-refractivity contribution in [2.75, 3.05) is 0 Å². The van der Waals surface area contributed by atoms with Crippen LogP contribution in [0, 0.1) is 11.3 Å². The van der Waals surface area contributed by atoms with Gasteiger partial charge in [-0.15, -0.1) is 0 Å². The van der Waals surface area contributed by atoms with Gasteiger partial charge in [-0.05, 0) is 48.1 Å². The van der Waals surface area contributed by atoms with E-state index in [1.807, 2.05) is 84.9 Å². The summed E-state index contributed by atoms with van der Waals surface area (Å²) in [5.41, 5.74) is 2.07. The van der Waals surface area contributed by atoms with Crippen LogP contribution in [0.1, 0.15) is 16.7 Å². The van der Waals surface area contributed by atoms with E-state index in [1.165, 1.54) is 0 Å². The summed E-state index contributed by atoms with van der Waals surface area (Å²) in [6.45, 7) is 0. The van der Waals surface area contributed by atoms with Gasteiger partial charge in [0.1, 0.15) is 6.10 Å². The molecule has 1 atom stereocenters.